The highest BCUT2D eigenvalue weighted by Crippen LogP contribution is 2.42. The minimum absolute atomic E-state index is 0.312. The van der Waals surface area contributed by atoms with Crippen LogP contribution in [0.15, 0.2) is 77.8 Å². The van der Waals surface area contributed by atoms with Crippen molar-refractivity contribution in [1.82, 2.24) is 9.78 Å². The fraction of sp³-hybridized carbons (Fsp3) is 0.0833. The maximum absolute atomic E-state index is 14.1. The monoisotopic (exact) mass is 383 g/mol. The molecule has 2 heterocycles. The van der Waals surface area contributed by atoms with Crippen molar-refractivity contribution in [1.29, 1.82) is 0 Å². The summed E-state index contributed by atoms with van der Waals surface area (Å²) >= 11 is 0. The van der Waals surface area contributed by atoms with Gasteiger partial charge < -0.3 is 4.74 Å². The summed E-state index contributed by atoms with van der Waals surface area (Å²) in [6, 6.07) is 22.4. The molecule has 5 rings (SSSR count). The second kappa shape index (κ2) is 7.02. The number of fused-ring (bicyclic) bond motifs is 2. The topological polar surface area (TPSA) is 39.4 Å². The third-order valence-corrected chi connectivity index (χ3v) is 5.01. The summed E-state index contributed by atoms with van der Waals surface area (Å²) in [5, 5.41) is 4.68. The van der Waals surface area contributed by atoms with Crippen LogP contribution in [-0.4, -0.2) is 16.0 Å². The van der Waals surface area contributed by atoms with Crippen LogP contribution >= 0.6 is 0 Å². The lowest BCUT2D eigenvalue weighted by Gasteiger charge is -2.17. The van der Waals surface area contributed by atoms with Gasteiger partial charge in [-0.1, -0.05) is 54.6 Å². The van der Waals surface area contributed by atoms with Gasteiger partial charge >= 0.3 is 0 Å². The normalized spacial score (nSPS) is 12.5. The first-order valence-corrected chi connectivity index (χ1v) is 9.43. The van der Waals surface area contributed by atoms with Gasteiger partial charge in [0.1, 0.15) is 11.6 Å². The van der Waals surface area contributed by atoms with Crippen LogP contribution in [-0.2, 0) is 6.42 Å². The van der Waals surface area contributed by atoms with Crippen LogP contribution < -0.4 is 4.74 Å². The molecular weight excluding hydrogens is 365 g/mol. The molecule has 1 aliphatic rings. The number of hydrogen-bond donors (Lipinski definition) is 0. The molecule has 0 fully saturated rings. The standard InChI is InChI=1S/C24H18FN3O/c1-16-8-7-10-17-14-20-23(26-15-18-9-5-6-13-21(18)25)28(19-11-3-2-4-12-19)27-24(20)29-22(16)17/h2-13,15H,14H2,1H3. The minimum Gasteiger partial charge on any atom is -0.437 e. The Morgan fingerprint density at radius 1 is 1.00 bits per heavy atom. The SMILES string of the molecule is Cc1cccc2c1Oc1nn(-c3ccccc3)c(N=Cc3ccccc3F)c1C2. The van der Waals surface area contributed by atoms with Crippen molar-refractivity contribution >= 4 is 12.0 Å². The number of nitrogens with zero attached hydrogens (tertiary/aromatic N) is 3. The molecule has 142 valence electrons. The van der Waals surface area contributed by atoms with Crippen LogP contribution in [0.25, 0.3) is 5.69 Å². The number of ether oxygens (including phenoxy) is 1. The van der Waals surface area contributed by atoms with Gasteiger partial charge in [0.05, 0.1) is 11.3 Å². The predicted molar refractivity (Wildman–Crippen MR) is 111 cm³/mol. The van der Waals surface area contributed by atoms with Crippen LogP contribution in [0.4, 0.5) is 10.2 Å². The number of aliphatic imine (C=N–C) groups is 1. The van der Waals surface area contributed by atoms with Gasteiger partial charge in [-0.2, -0.15) is 0 Å². The molecule has 0 aliphatic carbocycles. The van der Waals surface area contributed by atoms with Gasteiger partial charge in [-0.05, 0) is 36.2 Å². The lowest BCUT2D eigenvalue weighted by atomic mass is 10.0. The average molecular weight is 383 g/mol. The summed E-state index contributed by atoms with van der Waals surface area (Å²) in [4.78, 5) is 4.64. The molecule has 0 atom stereocenters. The van der Waals surface area contributed by atoms with E-state index in [9.17, 15) is 4.39 Å². The van der Waals surface area contributed by atoms with Crippen molar-refractivity contribution in [2.24, 2.45) is 4.99 Å². The molecular formula is C24H18FN3O. The highest BCUT2D eigenvalue weighted by molar-refractivity contribution is 5.82. The minimum atomic E-state index is -0.312. The van der Waals surface area contributed by atoms with Crippen LogP contribution in [0, 0.1) is 12.7 Å². The lowest BCUT2D eigenvalue weighted by Crippen LogP contribution is -2.03. The van der Waals surface area contributed by atoms with E-state index >= 15 is 0 Å². The summed E-state index contributed by atoms with van der Waals surface area (Å²) in [5.41, 5.74) is 4.34. The highest BCUT2D eigenvalue weighted by Gasteiger charge is 2.27. The molecule has 29 heavy (non-hydrogen) atoms. The van der Waals surface area contributed by atoms with E-state index in [0.717, 1.165) is 28.1 Å². The summed E-state index contributed by atoms with van der Waals surface area (Å²) < 4.78 is 22.0. The fourth-order valence-electron chi connectivity index (χ4n) is 3.54. The van der Waals surface area contributed by atoms with E-state index in [0.29, 0.717) is 23.7 Å². The zero-order valence-corrected chi connectivity index (χ0v) is 15.8. The fourth-order valence-corrected chi connectivity index (χ4v) is 3.54. The number of benzene rings is 3. The van der Waals surface area contributed by atoms with Crippen molar-refractivity contribution in [3.63, 3.8) is 0 Å². The molecule has 0 saturated heterocycles. The van der Waals surface area contributed by atoms with Crippen molar-refractivity contribution in [3.8, 4) is 17.3 Å². The maximum atomic E-state index is 14.1. The summed E-state index contributed by atoms with van der Waals surface area (Å²) in [7, 11) is 0. The Bertz CT molecular complexity index is 1230. The van der Waals surface area contributed by atoms with Crippen molar-refractivity contribution < 1.29 is 9.13 Å². The van der Waals surface area contributed by atoms with E-state index in [4.69, 9.17) is 4.74 Å². The zero-order valence-electron chi connectivity index (χ0n) is 15.8. The molecule has 0 radical (unpaired) electrons. The van der Waals surface area contributed by atoms with E-state index in [1.807, 2.05) is 49.4 Å². The van der Waals surface area contributed by atoms with E-state index in [2.05, 4.69) is 16.2 Å². The summed E-state index contributed by atoms with van der Waals surface area (Å²) in [5.74, 6) is 1.72. The first kappa shape index (κ1) is 17.4. The van der Waals surface area contributed by atoms with E-state index in [-0.39, 0.29) is 5.82 Å². The van der Waals surface area contributed by atoms with Crippen LogP contribution in [0.5, 0.6) is 11.6 Å². The highest BCUT2D eigenvalue weighted by atomic mass is 19.1. The number of rotatable bonds is 3. The van der Waals surface area contributed by atoms with Crippen LogP contribution in [0.2, 0.25) is 0 Å². The molecule has 0 bridgehead atoms. The Kier molecular flexibility index (Phi) is 4.21. The first-order chi connectivity index (χ1) is 14.2. The van der Waals surface area contributed by atoms with Gasteiger partial charge in [-0.15, -0.1) is 5.10 Å². The largest absolute Gasteiger partial charge is 0.437 e. The molecule has 0 saturated carbocycles. The van der Waals surface area contributed by atoms with E-state index in [1.165, 1.54) is 12.3 Å². The molecule has 1 aromatic heterocycles. The second-order valence-electron chi connectivity index (χ2n) is 6.98. The number of aryl methyl sites for hydroxylation is 1. The molecule has 4 nitrogen and oxygen atoms in total. The Hall–Kier alpha value is -3.73. The third kappa shape index (κ3) is 3.10. The summed E-state index contributed by atoms with van der Waals surface area (Å²) in [6.45, 7) is 2.02. The van der Waals surface area contributed by atoms with Gasteiger partial charge in [0.25, 0.3) is 0 Å². The Morgan fingerprint density at radius 3 is 2.62 bits per heavy atom. The quantitative estimate of drug-likeness (QED) is 0.371. The van der Waals surface area contributed by atoms with Crippen molar-refractivity contribution in [3.05, 3.63) is 101 Å². The lowest BCUT2D eigenvalue weighted by molar-refractivity contribution is 0.435. The van der Waals surface area contributed by atoms with Gasteiger partial charge in [-0.25, -0.2) is 14.1 Å². The van der Waals surface area contributed by atoms with Crippen molar-refractivity contribution in [2.45, 2.75) is 13.3 Å². The third-order valence-electron chi connectivity index (χ3n) is 5.01. The van der Waals surface area contributed by atoms with Gasteiger partial charge in [0.15, 0.2) is 5.82 Å². The molecule has 0 unspecified atom stereocenters. The second-order valence-corrected chi connectivity index (χ2v) is 6.98. The molecule has 0 spiro atoms. The van der Waals surface area contributed by atoms with Gasteiger partial charge in [0, 0.05) is 18.2 Å². The molecule has 3 aromatic carbocycles. The first-order valence-electron chi connectivity index (χ1n) is 9.43. The molecule has 5 heteroatoms. The number of hydrogen-bond acceptors (Lipinski definition) is 3. The Balaban J connectivity index is 1.65. The average Bonchev–Trinajstić information content (AvgIpc) is 3.10. The van der Waals surface area contributed by atoms with Gasteiger partial charge in [0.2, 0.25) is 5.88 Å². The number of para-hydroxylation sites is 2. The molecule has 1 aliphatic heterocycles. The number of aromatic nitrogens is 2. The number of halogens is 1. The Morgan fingerprint density at radius 2 is 1.79 bits per heavy atom. The van der Waals surface area contributed by atoms with Gasteiger partial charge in [-0.3, -0.25) is 0 Å². The molecule has 0 N–H and O–H groups in total. The van der Waals surface area contributed by atoms with E-state index < -0.39 is 0 Å². The molecule has 0 amide bonds. The molecule has 4 aromatic rings. The maximum Gasteiger partial charge on any atom is 0.244 e. The Labute approximate surface area is 167 Å². The van der Waals surface area contributed by atoms with E-state index in [1.54, 1.807) is 22.9 Å². The summed E-state index contributed by atoms with van der Waals surface area (Å²) in [6.07, 6.45) is 2.20. The van der Waals surface area contributed by atoms with Crippen LogP contribution in [0.1, 0.15) is 22.3 Å². The van der Waals surface area contributed by atoms with Crippen molar-refractivity contribution in [2.75, 3.05) is 0 Å². The van der Waals surface area contributed by atoms with Crippen LogP contribution in [0.3, 0.4) is 0 Å². The smallest absolute Gasteiger partial charge is 0.244 e. The zero-order chi connectivity index (χ0) is 19.8. The predicted octanol–water partition coefficient (Wildman–Crippen LogP) is 5.77.